The Morgan fingerprint density at radius 3 is 3.00 bits per heavy atom. The molecule has 0 spiro atoms. The molecule has 1 aromatic carbocycles. The fourth-order valence-corrected chi connectivity index (χ4v) is 2.41. The second-order valence-corrected chi connectivity index (χ2v) is 4.75. The van der Waals surface area contributed by atoms with Crippen molar-refractivity contribution < 1.29 is 4.79 Å². The van der Waals surface area contributed by atoms with Crippen molar-refractivity contribution in [2.75, 3.05) is 24.5 Å². The number of amides is 1. The number of anilines is 1. The maximum Gasteiger partial charge on any atom is 0.221 e. The van der Waals surface area contributed by atoms with Gasteiger partial charge in [-0.15, -0.1) is 0 Å². The molecule has 0 atom stereocenters. The molecule has 5 heteroatoms. The summed E-state index contributed by atoms with van der Waals surface area (Å²) in [6.45, 7) is 1.84. The van der Waals surface area contributed by atoms with Gasteiger partial charge < -0.3 is 10.2 Å². The number of rotatable bonds is 1. The van der Waals surface area contributed by atoms with Gasteiger partial charge in [0.15, 0.2) is 0 Å². The second-order valence-electron chi connectivity index (χ2n) is 4.75. The highest BCUT2D eigenvalue weighted by atomic mass is 16.1. The van der Waals surface area contributed by atoms with Crippen molar-refractivity contribution in [1.29, 1.82) is 5.26 Å². The molecule has 5 nitrogen and oxygen atoms in total. The Balaban J connectivity index is 2.05. The lowest BCUT2D eigenvalue weighted by molar-refractivity contribution is -0.120. The van der Waals surface area contributed by atoms with Crippen LogP contribution in [0.25, 0.3) is 10.9 Å². The molecule has 0 radical (unpaired) electrons. The fourth-order valence-electron chi connectivity index (χ4n) is 2.41. The zero-order chi connectivity index (χ0) is 13.9. The molecule has 1 N–H and O–H groups in total. The lowest BCUT2D eigenvalue weighted by Crippen LogP contribution is -2.29. The molecule has 0 saturated carbocycles. The highest BCUT2D eigenvalue weighted by molar-refractivity contribution is 5.83. The number of benzene rings is 1. The number of para-hydroxylation sites is 1. The van der Waals surface area contributed by atoms with Gasteiger partial charge in [0, 0.05) is 31.4 Å². The molecule has 1 amide bonds. The van der Waals surface area contributed by atoms with E-state index in [-0.39, 0.29) is 5.91 Å². The number of carbonyl (C=O) groups is 1. The summed E-state index contributed by atoms with van der Waals surface area (Å²) in [5.41, 5.74) is 1.42. The Kier molecular flexibility index (Phi) is 3.21. The van der Waals surface area contributed by atoms with E-state index in [1.807, 2.05) is 35.2 Å². The third kappa shape index (κ3) is 2.28. The van der Waals surface area contributed by atoms with E-state index in [4.69, 9.17) is 0 Å². The number of pyridine rings is 1. The van der Waals surface area contributed by atoms with E-state index in [2.05, 4.69) is 16.4 Å². The first-order chi connectivity index (χ1) is 9.78. The summed E-state index contributed by atoms with van der Waals surface area (Å²) < 4.78 is 0. The van der Waals surface area contributed by atoms with Crippen LogP contribution in [0.5, 0.6) is 0 Å². The van der Waals surface area contributed by atoms with E-state index in [1.54, 1.807) is 0 Å². The van der Waals surface area contributed by atoms with Crippen molar-refractivity contribution in [3.8, 4) is 6.07 Å². The molecule has 1 fully saturated rings. The smallest absolute Gasteiger partial charge is 0.221 e. The first-order valence-corrected chi connectivity index (χ1v) is 6.59. The average Bonchev–Trinajstić information content (AvgIpc) is 2.70. The summed E-state index contributed by atoms with van der Waals surface area (Å²) in [7, 11) is 0. The van der Waals surface area contributed by atoms with Crippen molar-refractivity contribution in [2.24, 2.45) is 0 Å². The van der Waals surface area contributed by atoms with Gasteiger partial charge in [0.2, 0.25) is 5.91 Å². The third-order valence-electron chi connectivity index (χ3n) is 3.44. The van der Waals surface area contributed by atoms with E-state index >= 15 is 0 Å². The van der Waals surface area contributed by atoms with Crippen LogP contribution in [0, 0.1) is 11.3 Å². The highest BCUT2D eigenvalue weighted by Crippen LogP contribution is 2.23. The average molecular weight is 266 g/mol. The maximum absolute atomic E-state index is 11.4. The van der Waals surface area contributed by atoms with Crippen LogP contribution in [0.2, 0.25) is 0 Å². The molecule has 0 aliphatic carbocycles. The molecular formula is C15H14N4O. The molecule has 2 heterocycles. The van der Waals surface area contributed by atoms with Crippen LogP contribution in [0.15, 0.2) is 30.3 Å². The molecule has 0 unspecified atom stereocenters. The van der Waals surface area contributed by atoms with Gasteiger partial charge in [-0.05, 0) is 12.1 Å². The van der Waals surface area contributed by atoms with Crippen LogP contribution >= 0.6 is 0 Å². The van der Waals surface area contributed by atoms with E-state index < -0.39 is 0 Å². The normalized spacial score (nSPS) is 15.6. The van der Waals surface area contributed by atoms with Crippen LogP contribution in [-0.2, 0) is 4.79 Å². The number of nitriles is 1. The van der Waals surface area contributed by atoms with Crippen LogP contribution in [0.1, 0.15) is 12.0 Å². The van der Waals surface area contributed by atoms with E-state index in [0.29, 0.717) is 37.4 Å². The zero-order valence-electron chi connectivity index (χ0n) is 11.0. The number of hydrogen-bond acceptors (Lipinski definition) is 4. The van der Waals surface area contributed by atoms with Gasteiger partial charge in [0.25, 0.3) is 0 Å². The summed E-state index contributed by atoms with van der Waals surface area (Å²) in [6.07, 6.45) is 0.430. The van der Waals surface area contributed by atoms with Gasteiger partial charge in [-0.2, -0.15) is 5.26 Å². The Hall–Kier alpha value is -2.61. The van der Waals surface area contributed by atoms with E-state index in [0.717, 1.165) is 10.9 Å². The van der Waals surface area contributed by atoms with Crippen LogP contribution in [0.3, 0.4) is 0 Å². The standard InChI is InChI=1S/C15H14N4O/c16-10-12-9-11-3-1-2-4-13(11)18-15(12)19-7-5-14(20)17-6-8-19/h1-4,9H,5-8H2,(H,17,20). The maximum atomic E-state index is 11.4. The first kappa shape index (κ1) is 12.4. The Morgan fingerprint density at radius 1 is 1.30 bits per heavy atom. The minimum Gasteiger partial charge on any atom is -0.354 e. The van der Waals surface area contributed by atoms with Crippen LogP contribution in [0.4, 0.5) is 5.82 Å². The summed E-state index contributed by atoms with van der Waals surface area (Å²) in [4.78, 5) is 18.0. The summed E-state index contributed by atoms with van der Waals surface area (Å²) in [6, 6.07) is 11.8. The minimum atomic E-state index is 0.0480. The summed E-state index contributed by atoms with van der Waals surface area (Å²) in [5.74, 6) is 0.717. The predicted octanol–water partition coefficient (Wildman–Crippen LogP) is 1.43. The van der Waals surface area contributed by atoms with Crippen LogP contribution < -0.4 is 10.2 Å². The highest BCUT2D eigenvalue weighted by Gasteiger charge is 2.18. The Bertz CT molecular complexity index is 705. The van der Waals surface area contributed by atoms with Gasteiger partial charge in [-0.3, -0.25) is 4.79 Å². The van der Waals surface area contributed by atoms with Crippen LogP contribution in [-0.4, -0.2) is 30.5 Å². The van der Waals surface area contributed by atoms with Gasteiger partial charge >= 0.3 is 0 Å². The SMILES string of the molecule is N#Cc1cc2ccccc2nc1N1CCNC(=O)CC1. The lowest BCUT2D eigenvalue weighted by Gasteiger charge is -2.22. The first-order valence-electron chi connectivity index (χ1n) is 6.59. The molecule has 1 aliphatic rings. The van der Waals surface area contributed by atoms with Crippen molar-refractivity contribution >= 4 is 22.6 Å². The summed E-state index contributed by atoms with van der Waals surface area (Å²) >= 11 is 0. The predicted molar refractivity (Wildman–Crippen MR) is 76.3 cm³/mol. The van der Waals surface area contributed by atoms with Crippen molar-refractivity contribution in [3.63, 3.8) is 0 Å². The third-order valence-corrected chi connectivity index (χ3v) is 3.44. The minimum absolute atomic E-state index is 0.0480. The molecule has 2 aromatic rings. The Labute approximate surface area is 116 Å². The second kappa shape index (κ2) is 5.17. The Morgan fingerprint density at radius 2 is 2.15 bits per heavy atom. The number of nitrogens with zero attached hydrogens (tertiary/aromatic N) is 3. The molecule has 0 bridgehead atoms. The van der Waals surface area contributed by atoms with Crippen molar-refractivity contribution in [2.45, 2.75) is 6.42 Å². The molecule has 1 aliphatic heterocycles. The molecule has 3 rings (SSSR count). The molecule has 1 aromatic heterocycles. The van der Waals surface area contributed by atoms with Gasteiger partial charge in [-0.25, -0.2) is 4.98 Å². The van der Waals surface area contributed by atoms with Gasteiger partial charge in [0.05, 0.1) is 11.1 Å². The molecule has 100 valence electrons. The van der Waals surface area contributed by atoms with Crippen molar-refractivity contribution in [1.82, 2.24) is 10.3 Å². The van der Waals surface area contributed by atoms with E-state index in [1.165, 1.54) is 0 Å². The number of fused-ring (bicyclic) bond motifs is 1. The molecular weight excluding hydrogens is 252 g/mol. The monoisotopic (exact) mass is 266 g/mol. The van der Waals surface area contributed by atoms with E-state index in [9.17, 15) is 10.1 Å². The number of nitrogens with one attached hydrogen (secondary N) is 1. The number of carbonyl (C=O) groups excluding carboxylic acids is 1. The number of aromatic nitrogens is 1. The number of hydrogen-bond donors (Lipinski definition) is 1. The fraction of sp³-hybridized carbons (Fsp3) is 0.267. The summed E-state index contributed by atoms with van der Waals surface area (Å²) in [5, 5.41) is 13.1. The molecule has 1 saturated heterocycles. The largest absolute Gasteiger partial charge is 0.354 e. The lowest BCUT2D eigenvalue weighted by atomic mass is 10.1. The van der Waals surface area contributed by atoms with Gasteiger partial charge in [0.1, 0.15) is 11.9 Å². The zero-order valence-corrected chi connectivity index (χ0v) is 11.0. The van der Waals surface area contributed by atoms with Gasteiger partial charge in [-0.1, -0.05) is 18.2 Å². The molecule has 20 heavy (non-hydrogen) atoms. The topological polar surface area (TPSA) is 69.0 Å². The quantitative estimate of drug-likeness (QED) is 0.847. The van der Waals surface area contributed by atoms with Crippen molar-refractivity contribution in [3.05, 3.63) is 35.9 Å².